The normalized spacial score (nSPS) is 15.3. The van der Waals surface area contributed by atoms with E-state index >= 15 is 0 Å². The number of nitrogens with zero attached hydrogens (tertiary/aromatic N) is 4. The summed E-state index contributed by atoms with van der Waals surface area (Å²) >= 11 is 0. The van der Waals surface area contributed by atoms with Crippen LogP contribution in [0.15, 0.2) is 42.5 Å². The quantitative estimate of drug-likeness (QED) is 0.557. The summed E-state index contributed by atoms with van der Waals surface area (Å²) in [4.78, 5) is 26.1. The summed E-state index contributed by atoms with van der Waals surface area (Å²) in [6.45, 7) is 2.29. The fraction of sp³-hybridized carbons (Fsp3) is 0.320. The highest BCUT2D eigenvalue weighted by molar-refractivity contribution is 5.94. The summed E-state index contributed by atoms with van der Waals surface area (Å²) in [6.07, 6.45) is 2.65. The van der Waals surface area contributed by atoms with Crippen LogP contribution >= 0.6 is 0 Å². The molecule has 5 rings (SSSR count). The molecular formula is C25H24F2N4O3. The third-order valence-electron chi connectivity index (χ3n) is 6.12. The van der Waals surface area contributed by atoms with E-state index in [9.17, 15) is 13.6 Å². The number of amides is 1. The molecule has 1 aromatic heterocycles. The Morgan fingerprint density at radius 3 is 2.41 bits per heavy atom. The van der Waals surface area contributed by atoms with Crippen LogP contribution in [0, 0.1) is 11.6 Å². The fourth-order valence-electron chi connectivity index (χ4n) is 4.28. The summed E-state index contributed by atoms with van der Waals surface area (Å²) in [5.74, 6) is 0.137. The molecule has 3 aromatic rings. The van der Waals surface area contributed by atoms with E-state index in [4.69, 9.17) is 19.4 Å². The Labute approximate surface area is 195 Å². The molecule has 0 saturated carbocycles. The van der Waals surface area contributed by atoms with Gasteiger partial charge in [-0.15, -0.1) is 0 Å². The number of fused-ring (bicyclic) bond motifs is 1. The van der Waals surface area contributed by atoms with Gasteiger partial charge in [0.1, 0.15) is 23.1 Å². The van der Waals surface area contributed by atoms with Crippen molar-refractivity contribution >= 4 is 11.9 Å². The first-order valence-electron chi connectivity index (χ1n) is 11.2. The number of methoxy groups -OCH3 is 1. The van der Waals surface area contributed by atoms with Crippen molar-refractivity contribution in [1.29, 1.82) is 0 Å². The number of benzene rings is 2. The van der Waals surface area contributed by atoms with Gasteiger partial charge in [-0.2, -0.15) is 4.98 Å². The van der Waals surface area contributed by atoms with Gasteiger partial charge in [-0.1, -0.05) is 0 Å². The molecule has 2 aliphatic heterocycles. The van der Waals surface area contributed by atoms with Crippen LogP contribution in [0.5, 0.6) is 17.4 Å². The van der Waals surface area contributed by atoms with E-state index in [0.29, 0.717) is 41.9 Å². The van der Waals surface area contributed by atoms with Crippen LogP contribution in [0.4, 0.5) is 14.7 Å². The molecule has 0 atom stereocenters. The summed E-state index contributed by atoms with van der Waals surface area (Å²) in [5, 5.41) is 0. The van der Waals surface area contributed by atoms with Gasteiger partial charge in [-0.3, -0.25) is 4.79 Å². The Bertz CT molecular complexity index is 1210. The molecule has 176 valence electrons. The number of aromatic nitrogens is 2. The minimum absolute atomic E-state index is 0.163. The SMILES string of the molecule is COc1ccc(Oc2nc(N3CCCC3)nc3c2CN(C(=O)c2ccc(F)cc2F)CC3)cc1. The van der Waals surface area contributed by atoms with Crippen LogP contribution in [-0.4, -0.2) is 47.5 Å². The second kappa shape index (κ2) is 9.24. The Kier molecular flexibility index (Phi) is 6.00. The number of hydrogen-bond acceptors (Lipinski definition) is 6. The number of ether oxygens (including phenoxy) is 2. The Morgan fingerprint density at radius 1 is 0.971 bits per heavy atom. The second-order valence-electron chi connectivity index (χ2n) is 8.33. The van der Waals surface area contributed by atoms with Crippen molar-refractivity contribution < 1.29 is 23.0 Å². The van der Waals surface area contributed by atoms with E-state index in [1.807, 2.05) is 0 Å². The molecule has 1 amide bonds. The second-order valence-corrected chi connectivity index (χ2v) is 8.33. The van der Waals surface area contributed by atoms with Crippen LogP contribution in [0.1, 0.15) is 34.5 Å². The molecule has 2 aliphatic rings. The van der Waals surface area contributed by atoms with Gasteiger partial charge >= 0.3 is 0 Å². The largest absolute Gasteiger partial charge is 0.497 e. The fourth-order valence-corrected chi connectivity index (χ4v) is 4.28. The number of halogens is 2. The van der Waals surface area contributed by atoms with E-state index in [1.165, 1.54) is 11.0 Å². The highest BCUT2D eigenvalue weighted by atomic mass is 19.1. The predicted octanol–water partition coefficient (Wildman–Crippen LogP) is 4.35. The van der Waals surface area contributed by atoms with Gasteiger partial charge in [0.2, 0.25) is 11.8 Å². The lowest BCUT2D eigenvalue weighted by Crippen LogP contribution is -2.37. The molecule has 0 radical (unpaired) electrons. The van der Waals surface area contributed by atoms with Crippen molar-refractivity contribution in [3.05, 3.63) is 70.9 Å². The average Bonchev–Trinajstić information content (AvgIpc) is 3.39. The zero-order valence-corrected chi connectivity index (χ0v) is 18.8. The third-order valence-corrected chi connectivity index (χ3v) is 6.12. The highest BCUT2D eigenvalue weighted by Gasteiger charge is 2.30. The summed E-state index contributed by atoms with van der Waals surface area (Å²) < 4.78 is 38.9. The molecule has 34 heavy (non-hydrogen) atoms. The number of carbonyl (C=O) groups excluding carboxylic acids is 1. The van der Waals surface area contributed by atoms with Gasteiger partial charge in [0.15, 0.2) is 0 Å². The molecular weight excluding hydrogens is 442 g/mol. The Morgan fingerprint density at radius 2 is 1.71 bits per heavy atom. The summed E-state index contributed by atoms with van der Waals surface area (Å²) in [5.41, 5.74) is 1.32. The van der Waals surface area contributed by atoms with E-state index < -0.39 is 17.5 Å². The summed E-state index contributed by atoms with van der Waals surface area (Å²) in [7, 11) is 1.59. The molecule has 2 aromatic carbocycles. The first-order chi connectivity index (χ1) is 16.5. The van der Waals surface area contributed by atoms with Crippen LogP contribution in [0.3, 0.4) is 0 Å². The standard InChI is InChI=1S/C25H24F2N4O3/c1-33-17-5-7-18(8-6-17)34-23-20-15-31(24(32)19-9-4-16(26)14-21(19)27)13-10-22(20)28-25(29-23)30-11-2-3-12-30/h4-9,14H,2-3,10-13,15H2,1H3. The minimum Gasteiger partial charge on any atom is -0.497 e. The van der Waals surface area contributed by atoms with E-state index in [2.05, 4.69) is 4.90 Å². The predicted molar refractivity (Wildman–Crippen MR) is 121 cm³/mol. The average molecular weight is 466 g/mol. The van der Waals surface area contributed by atoms with Crippen LogP contribution in [-0.2, 0) is 13.0 Å². The topological polar surface area (TPSA) is 67.8 Å². The zero-order chi connectivity index (χ0) is 23.7. The van der Waals surface area contributed by atoms with E-state index in [1.54, 1.807) is 31.4 Å². The Balaban J connectivity index is 1.47. The maximum absolute atomic E-state index is 14.3. The molecule has 0 bridgehead atoms. The number of carbonyl (C=O) groups is 1. The van der Waals surface area contributed by atoms with Crippen molar-refractivity contribution in [3.8, 4) is 17.4 Å². The van der Waals surface area contributed by atoms with Crippen molar-refractivity contribution in [2.45, 2.75) is 25.8 Å². The lowest BCUT2D eigenvalue weighted by Gasteiger charge is -2.30. The van der Waals surface area contributed by atoms with Crippen LogP contribution in [0.2, 0.25) is 0 Å². The maximum atomic E-state index is 14.3. The lowest BCUT2D eigenvalue weighted by molar-refractivity contribution is 0.0727. The highest BCUT2D eigenvalue weighted by Crippen LogP contribution is 2.33. The van der Waals surface area contributed by atoms with Gasteiger partial charge in [0.25, 0.3) is 5.91 Å². The van der Waals surface area contributed by atoms with Gasteiger partial charge in [0.05, 0.1) is 30.5 Å². The first-order valence-corrected chi connectivity index (χ1v) is 11.2. The first kappa shape index (κ1) is 22.1. The molecule has 0 unspecified atom stereocenters. The molecule has 0 aliphatic carbocycles. The van der Waals surface area contributed by atoms with Crippen molar-refractivity contribution in [2.24, 2.45) is 0 Å². The van der Waals surface area contributed by atoms with E-state index in [0.717, 1.165) is 43.8 Å². The van der Waals surface area contributed by atoms with Gasteiger partial charge in [-0.05, 0) is 49.2 Å². The zero-order valence-electron chi connectivity index (χ0n) is 18.8. The molecule has 9 heteroatoms. The minimum atomic E-state index is -0.883. The van der Waals surface area contributed by atoms with Crippen molar-refractivity contribution in [3.63, 3.8) is 0 Å². The van der Waals surface area contributed by atoms with E-state index in [-0.39, 0.29) is 12.1 Å². The lowest BCUT2D eigenvalue weighted by atomic mass is 10.0. The maximum Gasteiger partial charge on any atom is 0.257 e. The number of rotatable bonds is 5. The van der Waals surface area contributed by atoms with Crippen molar-refractivity contribution in [1.82, 2.24) is 14.9 Å². The van der Waals surface area contributed by atoms with Crippen molar-refractivity contribution in [2.75, 3.05) is 31.6 Å². The smallest absolute Gasteiger partial charge is 0.257 e. The van der Waals surface area contributed by atoms with Gasteiger partial charge < -0.3 is 19.3 Å². The van der Waals surface area contributed by atoms with Gasteiger partial charge in [-0.25, -0.2) is 13.8 Å². The molecule has 0 spiro atoms. The molecule has 1 fully saturated rings. The van der Waals surface area contributed by atoms with Crippen LogP contribution in [0.25, 0.3) is 0 Å². The monoisotopic (exact) mass is 466 g/mol. The number of anilines is 1. The Hall–Kier alpha value is -3.75. The number of hydrogen-bond donors (Lipinski definition) is 0. The third kappa shape index (κ3) is 4.37. The summed E-state index contributed by atoms with van der Waals surface area (Å²) in [6, 6.07) is 10.1. The molecule has 1 saturated heterocycles. The van der Waals surface area contributed by atoms with Crippen LogP contribution < -0.4 is 14.4 Å². The molecule has 0 N–H and O–H groups in total. The van der Waals surface area contributed by atoms with Gasteiger partial charge in [0, 0.05) is 32.1 Å². The molecule has 3 heterocycles. The molecule has 7 nitrogen and oxygen atoms in total.